The van der Waals surface area contributed by atoms with Gasteiger partial charge in [-0.1, -0.05) is 17.7 Å². The maximum atomic E-state index is 5.89. The van der Waals surface area contributed by atoms with Gasteiger partial charge in [-0.25, -0.2) is 0 Å². The molecule has 2 rings (SSSR count). The van der Waals surface area contributed by atoms with E-state index in [1.165, 1.54) is 0 Å². The van der Waals surface area contributed by atoms with Crippen molar-refractivity contribution >= 4 is 17.3 Å². The normalized spacial score (nSPS) is 10.0. The molecule has 0 spiro atoms. The topological polar surface area (TPSA) is 57.4 Å². The summed E-state index contributed by atoms with van der Waals surface area (Å²) in [6.07, 6.45) is 0. The molecule has 88 valence electrons. The van der Waals surface area contributed by atoms with Crippen LogP contribution in [0.25, 0.3) is 0 Å². The van der Waals surface area contributed by atoms with Gasteiger partial charge in [0.2, 0.25) is 11.8 Å². The molecule has 0 atom stereocenters. The van der Waals surface area contributed by atoms with Gasteiger partial charge in [-0.15, -0.1) is 0 Å². The summed E-state index contributed by atoms with van der Waals surface area (Å²) in [7, 11) is 1.55. The number of nitrogens with two attached hydrogens (primary N) is 1. The van der Waals surface area contributed by atoms with Crippen LogP contribution in [-0.2, 0) is 0 Å². The van der Waals surface area contributed by atoms with Gasteiger partial charge in [-0.3, -0.25) is 0 Å². The van der Waals surface area contributed by atoms with Crippen molar-refractivity contribution in [3.05, 3.63) is 41.4 Å². The number of anilines is 1. The lowest BCUT2D eigenvalue weighted by Crippen LogP contribution is -1.92. The zero-order chi connectivity index (χ0) is 12.3. The zero-order valence-electron chi connectivity index (χ0n) is 9.18. The average molecular weight is 251 g/mol. The lowest BCUT2D eigenvalue weighted by molar-refractivity contribution is 0.383. The Morgan fingerprint density at radius 2 is 1.94 bits per heavy atom. The molecule has 0 amide bonds. The van der Waals surface area contributed by atoms with Gasteiger partial charge >= 0.3 is 0 Å². The molecular formula is C12H11ClN2O2. The third-order valence-electron chi connectivity index (χ3n) is 2.10. The molecule has 1 aromatic heterocycles. The molecule has 4 nitrogen and oxygen atoms in total. The second kappa shape index (κ2) is 4.93. The molecule has 17 heavy (non-hydrogen) atoms. The summed E-state index contributed by atoms with van der Waals surface area (Å²) in [5.74, 6) is 1.50. The first-order valence-electron chi connectivity index (χ1n) is 4.93. The van der Waals surface area contributed by atoms with E-state index in [1.54, 1.807) is 43.5 Å². The second-order valence-electron chi connectivity index (χ2n) is 3.30. The molecule has 0 radical (unpaired) electrons. The van der Waals surface area contributed by atoms with Crippen LogP contribution in [0.4, 0.5) is 5.69 Å². The fourth-order valence-electron chi connectivity index (χ4n) is 1.26. The van der Waals surface area contributed by atoms with Crippen LogP contribution in [-0.4, -0.2) is 12.1 Å². The van der Waals surface area contributed by atoms with Crippen molar-refractivity contribution in [1.29, 1.82) is 0 Å². The van der Waals surface area contributed by atoms with Crippen molar-refractivity contribution in [2.75, 3.05) is 12.8 Å². The minimum absolute atomic E-state index is 0.435. The SMILES string of the molecule is COc1cccc(Oc2ccc(N)c(Cl)c2)n1. The van der Waals surface area contributed by atoms with Crippen LogP contribution < -0.4 is 15.2 Å². The van der Waals surface area contributed by atoms with Gasteiger partial charge < -0.3 is 15.2 Å². The Hall–Kier alpha value is -1.94. The number of pyridine rings is 1. The number of hydrogen-bond donors (Lipinski definition) is 1. The number of nitrogen functional groups attached to an aromatic ring is 1. The van der Waals surface area contributed by atoms with Gasteiger partial charge in [-0.2, -0.15) is 4.98 Å². The van der Waals surface area contributed by atoms with E-state index >= 15 is 0 Å². The van der Waals surface area contributed by atoms with E-state index in [0.29, 0.717) is 28.2 Å². The summed E-state index contributed by atoms with van der Waals surface area (Å²) in [6.45, 7) is 0. The van der Waals surface area contributed by atoms with Gasteiger partial charge in [0.1, 0.15) is 5.75 Å². The summed E-state index contributed by atoms with van der Waals surface area (Å²) in [5.41, 5.74) is 6.12. The Kier molecular flexibility index (Phi) is 3.35. The monoisotopic (exact) mass is 250 g/mol. The average Bonchev–Trinajstić information content (AvgIpc) is 2.34. The Morgan fingerprint density at radius 1 is 1.18 bits per heavy atom. The quantitative estimate of drug-likeness (QED) is 0.851. The van der Waals surface area contributed by atoms with Gasteiger partial charge in [0.05, 0.1) is 17.8 Å². The lowest BCUT2D eigenvalue weighted by Gasteiger charge is -2.07. The smallest absolute Gasteiger partial charge is 0.222 e. The molecular weight excluding hydrogens is 240 g/mol. The zero-order valence-corrected chi connectivity index (χ0v) is 9.94. The third-order valence-corrected chi connectivity index (χ3v) is 2.43. The molecule has 1 heterocycles. The second-order valence-corrected chi connectivity index (χ2v) is 3.71. The van der Waals surface area contributed by atoms with Crippen LogP contribution in [0.3, 0.4) is 0 Å². The van der Waals surface area contributed by atoms with E-state index in [2.05, 4.69) is 4.98 Å². The number of nitrogens with zero attached hydrogens (tertiary/aromatic N) is 1. The molecule has 0 unspecified atom stereocenters. The Labute approximate surface area is 104 Å². The number of aromatic nitrogens is 1. The Balaban J connectivity index is 2.22. The first-order valence-corrected chi connectivity index (χ1v) is 5.31. The van der Waals surface area contributed by atoms with Crippen molar-refractivity contribution in [3.8, 4) is 17.5 Å². The van der Waals surface area contributed by atoms with Crippen molar-refractivity contribution in [3.63, 3.8) is 0 Å². The van der Waals surface area contributed by atoms with E-state index < -0.39 is 0 Å². The van der Waals surface area contributed by atoms with Gasteiger partial charge in [-0.05, 0) is 12.1 Å². The van der Waals surface area contributed by atoms with Crippen LogP contribution in [0.15, 0.2) is 36.4 Å². The summed E-state index contributed by atoms with van der Waals surface area (Å²) >= 11 is 5.89. The minimum Gasteiger partial charge on any atom is -0.481 e. The van der Waals surface area contributed by atoms with Crippen LogP contribution >= 0.6 is 11.6 Å². The first-order chi connectivity index (χ1) is 8.19. The van der Waals surface area contributed by atoms with Crippen molar-refractivity contribution in [2.24, 2.45) is 0 Å². The van der Waals surface area contributed by atoms with E-state index in [1.807, 2.05) is 0 Å². The summed E-state index contributed by atoms with van der Waals surface area (Å²) in [5, 5.41) is 0.449. The highest BCUT2D eigenvalue weighted by molar-refractivity contribution is 6.33. The van der Waals surface area contributed by atoms with Gasteiger partial charge in [0, 0.05) is 18.2 Å². The molecule has 0 bridgehead atoms. The van der Waals surface area contributed by atoms with Gasteiger partial charge in [0.25, 0.3) is 0 Å². The summed E-state index contributed by atoms with van der Waals surface area (Å²) in [6, 6.07) is 10.3. The van der Waals surface area contributed by atoms with Crippen molar-refractivity contribution in [2.45, 2.75) is 0 Å². The fraction of sp³-hybridized carbons (Fsp3) is 0.0833. The van der Waals surface area contributed by atoms with E-state index in [0.717, 1.165) is 0 Å². The highest BCUT2D eigenvalue weighted by Crippen LogP contribution is 2.27. The number of halogens is 1. The van der Waals surface area contributed by atoms with Gasteiger partial charge in [0.15, 0.2) is 0 Å². The largest absolute Gasteiger partial charge is 0.481 e. The molecule has 2 N–H and O–H groups in total. The molecule has 0 saturated heterocycles. The van der Waals surface area contributed by atoms with E-state index in [4.69, 9.17) is 26.8 Å². The molecule has 0 aliphatic carbocycles. The maximum absolute atomic E-state index is 5.89. The van der Waals surface area contributed by atoms with Crippen LogP contribution in [0, 0.1) is 0 Å². The number of benzene rings is 1. The van der Waals surface area contributed by atoms with Crippen molar-refractivity contribution < 1.29 is 9.47 Å². The summed E-state index contributed by atoms with van der Waals surface area (Å²) < 4.78 is 10.5. The first kappa shape index (κ1) is 11.5. The Morgan fingerprint density at radius 3 is 2.65 bits per heavy atom. The number of methoxy groups -OCH3 is 1. The lowest BCUT2D eigenvalue weighted by atomic mass is 10.3. The predicted molar refractivity (Wildman–Crippen MR) is 66.7 cm³/mol. The highest BCUT2D eigenvalue weighted by atomic mass is 35.5. The molecule has 0 aliphatic heterocycles. The van der Waals surface area contributed by atoms with E-state index in [-0.39, 0.29) is 0 Å². The van der Waals surface area contributed by atoms with Crippen LogP contribution in [0.1, 0.15) is 0 Å². The number of ether oxygens (including phenoxy) is 2. The fourth-order valence-corrected chi connectivity index (χ4v) is 1.43. The van der Waals surface area contributed by atoms with Crippen LogP contribution in [0.5, 0.6) is 17.5 Å². The minimum atomic E-state index is 0.435. The Bertz CT molecular complexity index is 532. The molecule has 0 saturated carbocycles. The van der Waals surface area contributed by atoms with E-state index in [9.17, 15) is 0 Å². The standard InChI is InChI=1S/C12H11ClN2O2/c1-16-11-3-2-4-12(15-11)17-8-5-6-10(14)9(13)7-8/h2-7H,14H2,1H3. The predicted octanol–water partition coefficient (Wildman–Crippen LogP) is 3.12. The highest BCUT2D eigenvalue weighted by Gasteiger charge is 2.03. The maximum Gasteiger partial charge on any atom is 0.222 e. The molecule has 2 aromatic rings. The molecule has 0 aliphatic rings. The molecule has 0 fully saturated rings. The van der Waals surface area contributed by atoms with Crippen LogP contribution in [0.2, 0.25) is 5.02 Å². The molecule has 5 heteroatoms. The summed E-state index contributed by atoms with van der Waals surface area (Å²) in [4.78, 5) is 4.12. The molecule has 1 aromatic carbocycles. The number of hydrogen-bond acceptors (Lipinski definition) is 4. The third kappa shape index (κ3) is 2.79. The number of rotatable bonds is 3. The van der Waals surface area contributed by atoms with Crippen molar-refractivity contribution in [1.82, 2.24) is 4.98 Å².